The molecule has 3 rings (SSSR count). The van der Waals surface area contributed by atoms with Crippen LogP contribution < -0.4 is 10.1 Å². The zero-order chi connectivity index (χ0) is 18.5. The molecule has 0 unspecified atom stereocenters. The number of esters is 1. The Morgan fingerprint density at radius 2 is 1.92 bits per heavy atom. The van der Waals surface area contributed by atoms with Crippen molar-refractivity contribution in [1.82, 2.24) is 4.98 Å². The van der Waals surface area contributed by atoms with E-state index in [0.717, 1.165) is 10.3 Å². The molecule has 0 aliphatic carbocycles. The molecular weight excluding hydrogens is 352 g/mol. The number of carbonyl (C=O) groups excluding carboxylic acids is 2. The summed E-state index contributed by atoms with van der Waals surface area (Å²) in [4.78, 5) is 28.2. The number of hydrogen-bond acceptors (Lipinski definition) is 6. The minimum atomic E-state index is -0.375. The topological polar surface area (TPSA) is 77.5 Å². The number of nitrogens with zero attached hydrogens (tertiary/aromatic N) is 1. The number of carbonyl (C=O) groups is 2. The van der Waals surface area contributed by atoms with Gasteiger partial charge in [-0.3, -0.25) is 10.1 Å². The minimum Gasteiger partial charge on any atom is -0.484 e. The highest BCUT2D eigenvalue weighted by Crippen LogP contribution is 2.27. The van der Waals surface area contributed by atoms with E-state index in [0.29, 0.717) is 28.6 Å². The number of hydrogen-bond donors (Lipinski definition) is 1. The van der Waals surface area contributed by atoms with Crippen LogP contribution in [0.15, 0.2) is 42.5 Å². The van der Waals surface area contributed by atoms with Crippen molar-refractivity contribution in [2.75, 3.05) is 18.5 Å². The lowest BCUT2D eigenvalue weighted by Crippen LogP contribution is -2.19. The maximum Gasteiger partial charge on any atom is 0.338 e. The Morgan fingerprint density at radius 3 is 2.65 bits per heavy atom. The number of rotatable bonds is 6. The van der Waals surface area contributed by atoms with Crippen LogP contribution in [0.2, 0.25) is 0 Å². The van der Waals surface area contributed by atoms with Gasteiger partial charge in [0.05, 0.1) is 22.4 Å². The van der Waals surface area contributed by atoms with Gasteiger partial charge in [0.2, 0.25) is 0 Å². The maximum atomic E-state index is 12.0. The Labute approximate surface area is 154 Å². The maximum absolute atomic E-state index is 12.0. The number of aryl methyl sites for hydroxylation is 1. The summed E-state index contributed by atoms with van der Waals surface area (Å²) < 4.78 is 11.2. The molecule has 1 heterocycles. The van der Waals surface area contributed by atoms with E-state index in [1.807, 2.05) is 31.2 Å². The third kappa shape index (κ3) is 4.37. The van der Waals surface area contributed by atoms with Gasteiger partial charge in [0.1, 0.15) is 5.75 Å². The smallest absolute Gasteiger partial charge is 0.338 e. The van der Waals surface area contributed by atoms with Gasteiger partial charge in [-0.1, -0.05) is 29.0 Å². The minimum absolute atomic E-state index is 0.104. The van der Waals surface area contributed by atoms with Gasteiger partial charge < -0.3 is 9.47 Å². The summed E-state index contributed by atoms with van der Waals surface area (Å²) in [7, 11) is 0. The Balaban J connectivity index is 1.63. The number of benzene rings is 2. The van der Waals surface area contributed by atoms with Crippen molar-refractivity contribution < 1.29 is 19.1 Å². The highest BCUT2D eigenvalue weighted by atomic mass is 32.1. The predicted octanol–water partition coefficient (Wildman–Crippen LogP) is 3.80. The van der Waals surface area contributed by atoms with Crippen LogP contribution in [0.3, 0.4) is 0 Å². The van der Waals surface area contributed by atoms with E-state index in [1.165, 1.54) is 11.3 Å². The normalized spacial score (nSPS) is 10.5. The fraction of sp³-hybridized carbons (Fsp3) is 0.211. The SMILES string of the molecule is CCOC(=O)c1ccc2nc(NC(=O)COc3ccc(C)cc3)sc2c1. The number of nitrogens with one attached hydrogen (secondary N) is 1. The predicted molar refractivity (Wildman–Crippen MR) is 101 cm³/mol. The van der Waals surface area contributed by atoms with Crippen molar-refractivity contribution >= 4 is 38.6 Å². The molecule has 26 heavy (non-hydrogen) atoms. The van der Waals surface area contributed by atoms with Crippen molar-refractivity contribution in [2.45, 2.75) is 13.8 Å². The third-order valence-corrected chi connectivity index (χ3v) is 4.47. The zero-order valence-corrected chi connectivity index (χ0v) is 15.3. The molecule has 0 spiro atoms. The molecule has 0 aliphatic rings. The Bertz CT molecular complexity index is 934. The van der Waals surface area contributed by atoms with Crippen LogP contribution in [-0.2, 0) is 9.53 Å². The lowest BCUT2D eigenvalue weighted by Gasteiger charge is -2.05. The second-order valence-corrected chi connectivity index (χ2v) is 6.60. The molecule has 0 aliphatic heterocycles. The number of ether oxygens (including phenoxy) is 2. The first-order chi connectivity index (χ1) is 12.5. The third-order valence-electron chi connectivity index (χ3n) is 3.54. The second-order valence-electron chi connectivity index (χ2n) is 5.57. The molecule has 0 atom stereocenters. The Hall–Kier alpha value is -2.93. The van der Waals surface area contributed by atoms with Gasteiger partial charge in [-0.05, 0) is 44.2 Å². The summed E-state index contributed by atoms with van der Waals surface area (Å²) in [5.41, 5.74) is 2.29. The average Bonchev–Trinajstić information content (AvgIpc) is 3.02. The van der Waals surface area contributed by atoms with Crippen molar-refractivity contribution in [2.24, 2.45) is 0 Å². The van der Waals surface area contributed by atoms with Crippen LogP contribution in [0.1, 0.15) is 22.8 Å². The lowest BCUT2D eigenvalue weighted by molar-refractivity contribution is -0.118. The van der Waals surface area contributed by atoms with Crippen molar-refractivity contribution in [3.8, 4) is 5.75 Å². The second kappa shape index (κ2) is 7.97. The number of aromatic nitrogens is 1. The van der Waals surface area contributed by atoms with Crippen molar-refractivity contribution in [3.05, 3.63) is 53.6 Å². The van der Waals surface area contributed by atoms with Crippen LogP contribution in [0.4, 0.5) is 5.13 Å². The van der Waals surface area contributed by atoms with Crippen LogP contribution in [0.25, 0.3) is 10.2 Å². The summed E-state index contributed by atoms with van der Waals surface area (Å²) >= 11 is 1.29. The van der Waals surface area contributed by atoms with Gasteiger partial charge in [0, 0.05) is 0 Å². The molecule has 1 amide bonds. The zero-order valence-electron chi connectivity index (χ0n) is 14.4. The molecule has 0 saturated carbocycles. The molecule has 0 radical (unpaired) electrons. The number of amides is 1. The molecule has 2 aromatic carbocycles. The summed E-state index contributed by atoms with van der Waals surface area (Å²) in [5.74, 6) is -0.0377. The van der Waals surface area contributed by atoms with Crippen LogP contribution in [-0.4, -0.2) is 30.1 Å². The summed E-state index contributed by atoms with van der Waals surface area (Å²) in [6.07, 6.45) is 0. The fourth-order valence-electron chi connectivity index (χ4n) is 2.26. The number of anilines is 1. The van der Waals surface area contributed by atoms with Gasteiger partial charge in [-0.25, -0.2) is 9.78 Å². The van der Waals surface area contributed by atoms with E-state index in [1.54, 1.807) is 25.1 Å². The summed E-state index contributed by atoms with van der Waals surface area (Å²) in [5, 5.41) is 3.17. The highest BCUT2D eigenvalue weighted by Gasteiger charge is 2.12. The van der Waals surface area contributed by atoms with E-state index in [4.69, 9.17) is 9.47 Å². The van der Waals surface area contributed by atoms with Crippen LogP contribution in [0.5, 0.6) is 5.75 Å². The van der Waals surface area contributed by atoms with Crippen molar-refractivity contribution in [3.63, 3.8) is 0 Å². The largest absolute Gasteiger partial charge is 0.484 e. The van der Waals surface area contributed by atoms with Crippen LogP contribution in [0, 0.1) is 6.92 Å². The van der Waals surface area contributed by atoms with E-state index in [-0.39, 0.29) is 18.5 Å². The first kappa shape index (κ1) is 17.9. The molecule has 6 nitrogen and oxygen atoms in total. The van der Waals surface area contributed by atoms with E-state index < -0.39 is 0 Å². The van der Waals surface area contributed by atoms with E-state index >= 15 is 0 Å². The van der Waals surface area contributed by atoms with Gasteiger partial charge >= 0.3 is 5.97 Å². The highest BCUT2D eigenvalue weighted by molar-refractivity contribution is 7.22. The van der Waals surface area contributed by atoms with Gasteiger partial charge in [-0.15, -0.1) is 0 Å². The van der Waals surface area contributed by atoms with Crippen LogP contribution >= 0.6 is 11.3 Å². The molecule has 7 heteroatoms. The van der Waals surface area contributed by atoms with Gasteiger partial charge in [0.15, 0.2) is 11.7 Å². The fourth-order valence-corrected chi connectivity index (χ4v) is 3.18. The van der Waals surface area contributed by atoms with E-state index in [2.05, 4.69) is 10.3 Å². The lowest BCUT2D eigenvalue weighted by atomic mass is 10.2. The Morgan fingerprint density at radius 1 is 1.15 bits per heavy atom. The molecule has 1 N–H and O–H groups in total. The quantitative estimate of drug-likeness (QED) is 0.668. The summed E-state index contributed by atoms with van der Waals surface area (Å²) in [6.45, 7) is 3.96. The Kier molecular flexibility index (Phi) is 5.48. The molecule has 0 fully saturated rings. The standard InChI is InChI=1S/C19H18N2O4S/c1-3-24-18(23)13-6-9-15-16(10-13)26-19(20-15)21-17(22)11-25-14-7-4-12(2)5-8-14/h4-10H,3,11H2,1-2H3,(H,20,21,22). The molecular formula is C19H18N2O4S. The van der Waals surface area contributed by atoms with Gasteiger partial charge in [-0.2, -0.15) is 0 Å². The number of fused-ring (bicyclic) bond motifs is 1. The average molecular weight is 370 g/mol. The monoisotopic (exact) mass is 370 g/mol. The van der Waals surface area contributed by atoms with Crippen molar-refractivity contribution in [1.29, 1.82) is 0 Å². The van der Waals surface area contributed by atoms with E-state index in [9.17, 15) is 9.59 Å². The molecule has 0 saturated heterocycles. The molecule has 3 aromatic rings. The summed E-state index contributed by atoms with van der Waals surface area (Å²) in [6, 6.07) is 12.6. The first-order valence-corrected chi connectivity index (χ1v) is 8.94. The molecule has 1 aromatic heterocycles. The number of thiazole rings is 1. The first-order valence-electron chi connectivity index (χ1n) is 8.12. The molecule has 134 valence electrons. The molecule has 0 bridgehead atoms. The van der Waals surface area contributed by atoms with Gasteiger partial charge in [0.25, 0.3) is 5.91 Å².